The zero-order valence-electron chi connectivity index (χ0n) is 9.49. The van der Waals surface area contributed by atoms with E-state index in [-0.39, 0.29) is 5.91 Å². The average Bonchev–Trinajstić information content (AvgIpc) is 2.31. The second-order valence-electron chi connectivity index (χ2n) is 3.76. The second kappa shape index (κ2) is 6.23. The maximum absolute atomic E-state index is 11.7. The van der Waals surface area contributed by atoms with Crippen LogP contribution in [0, 0.1) is 5.92 Å². The highest BCUT2D eigenvalue weighted by atomic mass is 16.1. The standard InChI is InChI=1S/C13H19NO/c1-3-11(4-2)10-14-13(15)12-8-6-5-7-9-12/h5-9,11H,3-4,10H2,1-2H3,(H,14,15). The first-order valence-corrected chi connectivity index (χ1v) is 5.61. The third-order valence-electron chi connectivity index (χ3n) is 2.74. The summed E-state index contributed by atoms with van der Waals surface area (Å²) in [7, 11) is 0. The van der Waals surface area contributed by atoms with Crippen LogP contribution in [0.5, 0.6) is 0 Å². The fourth-order valence-electron chi connectivity index (χ4n) is 1.51. The summed E-state index contributed by atoms with van der Waals surface area (Å²) in [6, 6.07) is 9.35. The van der Waals surface area contributed by atoms with E-state index in [9.17, 15) is 4.79 Å². The van der Waals surface area contributed by atoms with E-state index in [2.05, 4.69) is 19.2 Å². The van der Waals surface area contributed by atoms with Gasteiger partial charge in [-0.15, -0.1) is 0 Å². The van der Waals surface area contributed by atoms with Crippen molar-refractivity contribution in [3.63, 3.8) is 0 Å². The van der Waals surface area contributed by atoms with Crippen LogP contribution in [0.4, 0.5) is 0 Å². The molecule has 0 saturated heterocycles. The number of hydrogen-bond acceptors (Lipinski definition) is 1. The van der Waals surface area contributed by atoms with Crippen LogP contribution in [-0.4, -0.2) is 12.5 Å². The minimum atomic E-state index is 0.0301. The van der Waals surface area contributed by atoms with Gasteiger partial charge in [0.1, 0.15) is 0 Å². The van der Waals surface area contributed by atoms with Gasteiger partial charge in [0, 0.05) is 12.1 Å². The Morgan fingerprint density at radius 3 is 2.33 bits per heavy atom. The van der Waals surface area contributed by atoms with E-state index in [1.165, 1.54) is 0 Å². The maximum Gasteiger partial charge on any atom is 0.251 e. The monoisotopic (exact) mass is 205 g/mol. The van der Waals surface area contributed by atoms with Crippen molar-refractivity contribution in [3.05, 3.63) is 35.9 Å². The Kier molecular flexibility index (Phi) is 4.88. The summed E-state index contributed by atoms with van der Waals surface area (Å²) in [4.78, 5) is 11.7. The fourth-order valence-corrected chi connectivity index (χ4v) is 1.51. The van der Waals surface area contributed by atoms with Gasteiger partial charge in [0.25, 0.3) is 5.91 Å². The summed E-state index contributed by atoms with van der Waals surface area (Å²) < 4.78 is 0. The van der Waals surface area contributed by atoms with E-state index < -0.39 is 0 Å². The molecule has 1 aromatic carbocycles. The number of amides is 1. The molecule has 0 bridgehead atoms. The van der Waals surface area contributed by atoms with E-state index in [0.29, 0.717) is 5.92 Å². The highest BCUT2D eigenvalue weighted by molar-refractivity contribution is 5.94. The third kappa shape index (κ3) is 3.74. The first-order valence-electron chi connectivity index (χ1n) is 5.61. The van der Waals surface area contributed by atoms with Gasteiger partial charge in [-0.3, -0.25) is 4.79 Å². The van der Waals surface area contributed by atoms with Gasteiger partial charge in [-0.25, -0.2) is 0 Å². The fraction of sp³-hybridized carbons (Fsp3) is 0.462. The van der Waals surface area contributed by atoms with Crippen LogP contribution in [0.3, 0.4) is 0 Å². The predicted molar refractivity (Wildman–Crippen MR) is 62.8 cm³/mol. The Morgan fingerprint density at radius 1 is 1.20 bits per heavy atom. The molecule has 82 valence electrons. The topological polar surface area (TPSA) is 29.1 Å². The van der Waals surface area contributed by atoms with Crippen LogP contribution in [-0.2, 0) is 0 Å². The average molecular weight is 205 g/mol. The van der Waals surface area contributed by atoms with Gasteiger partial charge in [0.2, 0.25) is 0 Å². The maximum atomic E-state index is 11.7. The van der Waals surface area contributed by atoms with Crippen molar-refractivity contribution in [3.8, 4) is 0 Å². The van der Waals surface area contributed by atoms with Crippen molar-refractivity contribution in [1.29, 1.82) is 0 Å². The molecular weight excluding hydrogens is 186 g/mol. The predicted octanol–water partition coefficient (Wildman–Crippen LogP) is 2.85. The van der Waals surface area contributed by atoms with Crippen LogP contribution >= 0.6 is 0 Å². The van der Waals surface area contributed by atoms with E-state index in [1.807, 2.05) is 30.3 Å². The molecule has 1 amide bonds. The Labute approximate surface area is 91.7 Å². The molecule has 2 nitrogen and oxygen atoms in total. The number of nitrogens with one attached hydrogen (secondary N) is 1. The molecule has 0 aliphatic heterocycles. The van der Waals surface area contributed by atoms with Gasteiger partial charge in [-0.2, -0.15) is 0 Å². The molecule has 0 aromatic heterocycles. The summed E-state index contributed by atoms with van der Waals surface area (Å²) in [5.74, 6) is 0.625. The molecule has 2 heteroatoms. The molecule has 1 rings (SSSR count). The summed E-state index contributed by atoms with van der Waals surface area (Å²) in [5, 5.41) is 2.96. The number of benzene rings is 1. The first-order chi connectivity index (χ1) is 7.27. The van der Waals surface area contributed by atoms with E-state index in [0.717, 1.165) is 24.9 Å². The molecule has 0 spiro atoms. The van der Waals surface area contributed by atoms with Crippen LogP contribution < -0.4 is 5.32 Å². The molecular formula is C13H19NO. The Bertz CT molecular complexity index is 291. The van der Waals surface area contributed by atoms with Crippen LogP contribution in [0.1, 0.15) is 37.0 Å². The second-order valence-corrected chi connectivity index (χ2v) is 3.76. The Hall–Kier alpha value is -1.31. The number of rotatable bonds is 5. The van der Waals surface area contributed by atoms with Gasteiger partial charge in [-0.05, 0) is 18.1 Å². The molecule has 0 heterocycles. The number of carbonyl (C=O) groups is 1. The molecule has 0 fully saturated rings. The van der Waals surface area contributed by atoms with E-state index in [4.69, 9.17) is 0 Å². The van der Waals surface area contributed by atoms with Crippen LogP contribution in [0.25, 0.3) is 0 Å². The Balaban J connectivity index is 2.43. The van der Waals surface area contributed by atoms with Crippen molar-refractivity contribution in [2.45, 2.75) is 26.7 Å². The molecule has 0 aliphatic carbocycles. The molecule has 0 saturated carbocycles. The minimum absolute atomic E-state index is 0.0301. The van der Waals surface area contributed by atoms with E-state index in [1.54, 1.807) is 0 Å². The zero-order chi connectivity index (χ0) is 11.1. The lowest BCUT2D eigenvalue weighted by Crippen LogP contribution is -2.28. The van der Waals surface area contributed by atoms with Gasteiger partial charge < -0.3 is 5.32 Å². The molecule has 0 aliphatic rings. The number of hydrogen-bond donors (Lipinski definition) is 1. The highest BCUT2D eigenvalue weighted by Gasteiger charge is 2.07. The van der Waals surface area contributed by atoms with Gasteiger partial charge >= 0.3 is 0 Å². The first kappa shape index (κ1) is 11.8. The molecule has 1 N–H and O–H groups in total. The van der Waals surface area contributed by atoms with Crippen molar-refractivity contribution >= 4 is 5.91 Å². The quantitative estimate of drug-likeness (QED) is 0.786. The van der Waals surface area contributed by atoms with Crippen molar-refractivity contribution in [2.24, 2.45) is 5.92 Å². The smallest absolute Gasteiger partial charge is 0.251 e. The SMILES string of the molecule is CCC(CC)CNC(=O)c1ccccc1. The summed E-state index contributed by atoms with van der Waals surface area (Å²) in [6.45, 7) is 5.09. The third-order valence-corrected chi connectivity index (χ3v) is 2.74. The molecule has 15 heavy (non-hydrogen) atoms. The van der Waals surface area contributed by atoms with Crippen LogP contribution in [0.2, 0.25) is 0 Å². The van der Waals surface area contributed by atoms with Crippen molar-refractivity contribution in [2.75, 3.05) is 6.54 Å². The van der Waals surface area contributed by atoms with E-state index >= 15 is 0 Å². The van der Waals surface area contributed by atoms with Crippen LogP contribution in [0.15, 0.2) is 30.3 Å². The largest absolute Gasteiger partial charge is 0.352 e. The zero-order valence-corrected chi connectivity index (χ0v) is 9.49. The van der Waals surface area contributed by atoms with Crippen molar-refractivity contribution < 1.29 is 4.79 Å². The minimum Gasteiger partial charge on any atom is -0.352 e. The lowest BCUT2D eigenvalue weighted by molar-refractivity contribution is 0.0946. The lowest BCUT2D eigenvalue weighted by atomic mass is 10.0. The van der Waals surface area contributed by atoms with Crippen molar-refractivity contribution in [1.82, 2.24) is 5.32 Å². The summed E-state index contributed by atoms with van der Waals surface area (Å²) >= 11 is 0. The van der Waals surface area contributed by atoms with Gasteiger partial charge in [0.05, 0.1) is 0 Å². The normalized spacial score (nSPS) is 10.3. The summed E-state index contributed by atoms with van der Waals surface area (Å²) in [6.07, 6.45) is 2.23. The molecule has 1 aromatic rings. The highest BCUT2D eigenvalue weighted by Crippen LogP contribution is 2.06. The summed E-state index contributed by atoms with van der Waals surface area (Å²) in [5.41, 5.74) is 0.739. The molecule has 0 unspecified atom stereocenters. The lowest BCUT2D eigenvalue weighted by Gasteiger charge is -2.13. The van der Waals surface area contributed by atoms with Gasteiger partial charge in [0.15, 0.2) is 0 Å². The number of carbonyl (C=O) groups excluding carboxylic acids is 1. The Morgan fingerprint density at radius 2 is 1.80 bits per heavy atom. The molecule has 0 radical (unpaired) electrons. The van der Waals surface area contributed by atoms with Gasteiger partial charge in [-0.1, -0.05) is 44.9 Å². The molecule has 0 atom stereocenters.